The normalized spacial score (nSPS) is 9.13. The summed E-state index contributed by atoms with van der Waals surface area (Å²) >= 11 is 0. The van der Waals surface area contributed by atoms with Crippen LogP contribution in [0.2, 0.25) is 0 Å². The molecule has 0 aromatic carbocycles. The Kier molecular flexibility index (Phi) is 36.0. The lowest BCUT2D eigenvalue weighted by molar-refractivity contribution is -0.142. The quantitative estimate of drug-likeness (QED) is 0.562. The number of rotatable bonds is 6. The lowest BCUT2D eigenvalue weighted by atomic mass is 10.2. The monoisotopic (exact) mass is 327 g/mol. The Bertz CT molecular complexity index is 332. The van der Waals surface area contributed by atoms with Crippen molar-refractivity contribution in [3.63, 3.8) is 0 Å². The van der Waals surface area contributed by atoms with E-state index in [0.717, 1.165) is 5.57 Å². The Morgan fingerprint density at radius 3 is 1.96 bits per heavy atom. The zero-order valence-electron chi connectivity index (χ0n) is 16.4. The molecule has 0 rings (SSSR count). The first-order valence-corrected chi connectivity index (χ1v) is 8.36. The fourth-order valence-electron chi connectivity index (χ4n) is 0.929. The van der Waals surface area contributed by atoms with Crippen LogP contribution < -0.4 is 5.32 Å². The molecule has 0 atom stereocenters. The molecule has 0 aliphatic heterocycles. The van der Waals surface area contributed by atoms with Crippen molar-refractivity contribution in [1.29, 1.82) is 0 Å². The van der Waals surface area contributed by atoms with Gasteiger partial charge < -0.3 is 10.1 Å². The van der Waals surface area contributed by atoms with Crippen LogP contribution in [0.1, 0.15) is 61.8 Å². The van der Waals surface area contributed by atoms with Crippen LogP contribution in [0.3, 0.4) is 0 Å². The van der Waals surface area contributed by atoms with E-state index in [4.69, 9.17) is 4.74 Å². The molecule has 1 N–H and O–H groups in total. The number of allylic oxidation sites excluding steroid dienone is 3. The summed E-state index contributed by atoms with van der Waals surface area (Å²) in [6.45, 7) is 19.1. The molecule has 23 heavy (non-hydrogen) atoms. The largest absolute Gasteiger partial charge is 0.460 e. The molecule has 0 aliphatic carbocycles. The summed E-state index contributed by atoms with van der Waals surface area (Å²) in [5, 5.41) is 2.36. The maximum absolute atomic E-state index is 11.1. The number of ether oxygens (including phenoxy) is 1. The highest BCUT2D eigenvalue weighted by molar-refractivity contribution is 5.80. The Hall–Kier alpha value is -1.84. The second-order valence-electron chi connectivity index (χ2n) is 3.75. The molecule has 0 unspecified atom stereocenters. The zero-order chi connectivity index (χ0) is 19.1. The molecule has 4 nitrogen and oxygen atoms in total. The molecule has 0 aromatic heterocycles. The van der Waals surface area contributed by atoms with Crippen LogP contribution in [0.25, 0.3) is 0 Å². The van der Waals surface area contributed by atoms with Crippen molar-refractivity contribution in [2.75, 3.05) is 13.2 Å². The molecule has 0 bridgehead atoms. The fourth-order valence-corrected chi connectivity index (χ4v) is 0.929. The van der Waals surface area contributed by atoms with Crippen molar-refractivity contribution in [1.82, 2.24) is 5.32 Å². The maximum Gasteiger partial charge on any atom is 0.325 e. The number of carbonyl (C=O) groups is 2. The SMILES string of the molecule is C=C/C=C(\C=C/C)COC(=O)CNC(C)=O.CC.CC.CCC. The van der Waals surface area contributed by atoms with E-state index in [-0.39, 0.29) is 19.1 Å². The summed E-state index contributed by atoms with van der Waals surface area (Å²) in [6, 6.07) is 0. The van der Waals surface area contributed by atoms with Gasteiger partial charge in [0, 0.05) is 6.92 Å². The first-order valence-electron chi connectivity index (χ1n) is 8.36. The molecule has 4 heteroatoms. The molecule has 0 spiro atoms. The van der Waals surface area contributed by atoms with E-state index in [0.29, 0.717) is 0 Å². The van der Waals surface area contributed by atoms with Crippen LogP contribution in [0.15, 0.2) is 36.5 Å². The van der Waals surface area contributed by atoms with E-state index < -0.39 is 5.97 Å². The van der Waals surface area contributed by atoms with E-state index in [9.17, 15) is 9.59 Å². The molecule has 136 valence electrons. The Morgan fingerprint density at radius 1 is 1.13 bits per heavy atom. The summed E-state index contributed by atoms with van der Waals surface area (Å²) < 4.78 is 4.94. The van der Waals surface area contributed by atoms with E-state index in [1.165, 1.54) is 13.3 Å². The van der Waals surface area contributed by atoms with E-state index in [1.54, 1.807) is 12.2 Å². The Morgan fingerprint density at radius 2 is 1.61 bits per heavy atom. The highest BCUT2D eigenvalue weighted by atomic mass is 16.5. The lowest BCUT2D eigenvalue weighted by Crippen LogP contribution is -2.28. The first-order chi connectivity index (χ1) is 11.0. The standard InChI is InChI=1S/C12H17NO3.C3H8.2C2H6/c1-4-6-11(7-5-2)9-16-12(15)8-13-10(3)14;1-3-2;2*1-2/h4-7H,1,8-9H2,2-3H3,(H,13,14);3H2,1-2H3;2*1-2H3/b7-5-,11-6+;;;. The van der Waals surface area contributed by atoms with Gasteiger partial charge in [-0.3, -0.25) is 9.59 Å². The summed E-state index contributed by atoms with van der Waals surface area (Å²) in [4.78, 5) is 21.7. The number of carbonyl (C=O) groups excluding carboxylic acids is 2. The van der Waals surface area contributed by atoms with Crippen LogP contribution in [-0.2, 0) is 14.3 Å². The molecular formula is C19H37NO3. The highest BCUT2D eigenvalue weighted by Crippen LogP contribution is 1.98. The van der Waals surface area contributed by atoms with Gasteiger partial charge in [0.2, 0.25) is 5.91 Å². The molecule has 0 radical (unpaired) electrons. The van der Waals surface area contributed by atoms with Gasteiger partial charge in [-0.15, -0.1) is 0 Å². The van der Waals surface area contributed by atoms with Crippen molar-refractivity contribution < 1.29 is 14.3 Å². The van der Waals surface area contributed by atoms with Crippen molar-refractivity contribution in [2.24, 2.45) is 0 Å². The van der Waals surface area contributed by atoms with Gasteiger partial charge in [-0.05, 0) is 12.5 Å². The summed E-state index contributed by atoms with van der Waals surface area (Å²) in [7, 11) is 0. The van der Waals surface area contributed by atoms with Crippen LogP contribution in [0.5, 0.6) is 0 Å². The molecular weight excluding hydrogens is 290 g/mol. The Labute approximate surface area is 143 Å². The van der Waals surface area contributed by atoms with Crippen molar-refractivity contribution in [3.8, 4) is 0 Å². The van der Waals surface area contributed by atoms with Gasteiger partial charge in [-0.25, -0.2) is 0 Å². The van der Waals surface area contributed by atoms with Crippen LogP contribution >= 0.6 is 0 Å². The molecule has 0 aromatic rings. The second kappa shape index (κ2) is 28.3. The van der Waals surface area contributed by atoms with Crippen molar-refractivity contribution in [3.05, 3.63) is 36.5 Å². The van der Waals surface area contributed by atoms with Gasteiger partial charge >= 0.3 is 5.97 Å². The second-order valence-corrected chi connectivity index (χ2v) is 3.75. The predicted octanol–water partition coefficient (Wildman–Crippen LogP) is 4.82. The minimum Gasteiger partial charge on any atom is -0.460 e. The first kappa shape index (κ1) is 29.2. The minimum atomic E-state index is -0.463. The summed E-state index contributed by atoms with van der Waals surface area (Å²) in [5.41, 5.74) is 0.841. The third-order valence-electron chi connectivity index (χ3n) is 1.59. The van der Waals surface area contributed by atoms with Crippen LogP contribution in [0, 0.1) is 0 Å². The molecule has 0 saturated heterocycles. The van der Waals surface area contributed by atoms with Crippen LogP contribution in [0.4, 0.5) is 0 Å². The van der Waals surface area contributed by atoms with Gasteiger partial charge in [0.1, 0.15) is 13.2 Å². The number of esters is 1. The number of nitrogens with one attached hydrogen (secondary N) is 1. The number of hydrogen-bond donors (Lipinski definition) is 1. The summed E-state index contributed by atoms with van der Waals surface area (Å²) in [5.74, 6) is -0.720. The van der Waals surface area contributed by atoms with Gasteiger partial charge in [0.25, 0.3) is 0 Å². The maximum atomic E-state index is 11.1. The van der Waals surface area contributed by atoms with E-state index in [2.05, 4.69) is 25.7 Å². The average molecular weight is 328 g/mol. The lowest BCUT2D eigenvalue weighted by Gasteiger charge is -2.05. The molecule has 0 fully saturated rings. The fraction of sp³-hybridized carbons (Fsp3) is 0.579. The van der Waals surface area contributed by atoms with Crippen molar-refractivity contribution >= 4 is 11.9 Å². The molecule has 1 amide bonds. The van der Waals surface area contributed by atoms with Gasteiger partial charge in [-0.2, -0.15) is 0 Å². The predicted molar refractivity (Wildman–Crippen MR) is 101 cm³/mol. The van der Waals surface area contributed by atoms with E-state index in [1.807, 2.05) is 46.8 Å². The highest BCUT2D eigenvalue weighted by Gasteiger charge is 2.03. The van der Waals surface area contributed by atoms with Gasteiger partial charge in [0.05, 0.1) is 0 Å². The number of amides is 1. The number of hydrogen-bond acceptors (Lipinski definition) is 3. The minimum absolute atomic E-state index is 0.105. The third kappa shape index (κ3) is 33.2. The summed E-state index contributed by atoms with van der Waals surface area (Å²) in [6.07, 6.45) is 8.30. The van der Waals surface area contributed by atoms with Gasteiger partial charge in [-0.1, -0.05) is 78.8 Å². The molecule has 0 saturated carbocycles. The average Bonchev–Trinajstić information content (AvgIpc) is 2.55. The third-order valence-corrected chi connectivity index (χ3v) is 1.59. The molecule has 0 aliphatic rings. The molecule has 0 heterocycles. The van der Waals surface area contributed by atoms with E-state index >= 15 is 0 Å². The van der Waals surface area contributed by atoms with Crippen molar-refractivity contribution in [2.45, 2.75) is 61.8 Å². The Balaban J connectivity index is -0.000000222. The van der Waals surface area contributed by atoms with Crippen LogP contribution in [-0.4, -0.2) is 25.0 Å². The zero-order valence-corrected chi connectivity index (χ0v) is 16.4. The topological polar surface area (TPSA) is 55.4 Å². The van der Waals surface area contributed by atoms with Gasteiger partial charge in [0.15, 0.2) is 0 Å². The smallest absolute Gasteiger partial charge is 0.325 e.